The zero-order valence-corrected chi connectivity index (χ0v) is 26.2. The van der Waals surface area contributed by atoms with Crippen molar-refractivity contribution in [2.75, 3.05) is 0 Å². The molecule has 0 fully saturated rings. The predicted molar refractivity (Wildman–Crippen MR) is 163 cm³/mol. The molecule has 51 heavy (non-hydrogen) atoms. The molecule has 0 aliphatic rings. The van der Waals surface area contributed by atoms with Crippen molar-refractivity contribution in [3.63, 3.8) is 0 Å². The highest BCUT2D eigenvalue weighted by molar-refractivity contribution is 5.72. The normalized spacial score (nSPS) is 11.9. The molecule has 5 aromatic rings. The van der Waals surface area contributed by atoms with Crippen LogP contribution in [0, 0.1) is 40.7 Å². The minimum Gasteiger partial charge on any atom is -0.423 e. The van der Waals surface area contributed by atoms with Gasteiger partial charge in [0.25, 0.3) is 0 Å². The highest BCUT2D eigenvalue weighted by Gasteiger charge is 2.39. The second kappa shape index (κ2) is 14.6. The summed E-state index contributed by atoms with van der Waals surface area (Å²) in [6, 6.07) is 12.3. The molecule has 5 aromatic carbocycles. The maximum Gasteiger partial charge on any atom is 0.573 e. The van der Waals surface area contributed by atoms with Crippen LogP contribution in [-0.4, -0.2) is 6.36 Å². The van der Waals surface area contributed by atoms with Gasteiger partial charge in [0.2, 0.25) is 5.75 Å². The van der Waals surface area contributed by atoms with Crippen LogP contribution in [0.3, 0.4) is 0 Å². The van der Waals surface area contributed by atoms with Gasteiger partial charge in [0.1, 0.15) is 17.5 Å². The molecule has 0 saturated heterocycles. The van der Waals surface area contributed by atoms with Crippen molar-refractivity contribution in [2.45, 2.75) is 45.1 Å². The Morgan fingerprint density at radius 1 is 0.490 bits per heavy atom. The fraction of sp³-hybridized carbons (Fsp3) is 0.189. The molecule has 0 spiro atoms. The van der Waals surface area contributed by atoms with E-state index in [-0.39, 0.29) is 35.4 Å². The zero-order valence-electron chi connectivity index (χ0n) is 26.2. The molecule has 2 nitrogen and oxygen atoms in total. The number of alkyl halides is 5. The van der Waals surface area contributed by atoms with E-state index in [1.807, 2.05) is 12.1 Å². The number of hydrogen-bond acceptors (Lipinski definition) is 2. The average molecular weight is 729 g/mol. The summed E-state index contributed by atoms with van der Waals surface area (Å²) in [5.41, 5.74) is -2.43. The first-order valence-electron chi connectivity index (χ1n) is 15.2. The quantitative estimate of drug-likeness (QED) is 0.0996. The Kier molecular flexibility index (Phi) is 10.6. The number of aryl methyl sites for hydroxylation is 1. The van der Waals surface area contributed by atoms with Gasteiger partial charge in [0, 0.05) is 5.56 Å². The van der Waals surface area contributed by atoms with E-state index in [9.17, 15) is 30.7 Å². The van der Waals surface area contributed by atoms with Gasteiger partial charge in [-0.1, -0.05) is 56.2 Å². The summed E-state index contributed by atoms with van der Waals surface area (Å²) in [5, 5.41) is 0. The third-order valence-corrected chi connectivity index (χ3v) is 7.75. The number of ether oxygens (including phenoxy) is 2. The van der Waals surface area contributed by atoms with Gasteiger partial charge in [-0.05, 0) is 83.1 Å². The molecule has 5 rings (SSSR count). The molecule has 0 bridgehead atoms. The van der Waals surface area contributed by atoms with Gasteiger partial charge in [-0.25, -0.2) is 30.7 Å². The fourth-order valence-electron chi connectivity index (χ4n) is 5.31. The lowest BCUT2D eigenvalue weighted by Gasteiger charge is -2.20. The van der Waals surface area contributed by atoms with Gasteiger partial charge >= 0.3 is 12.5 Å². The number of unbranched alkanes of at least 4 members (excludes halogenated alkanes) is 2. The lowest BCUT2D eigenvalue weighted by atomic mass is 9.98. The average Bonchev–Trinajstić information content (AvgIpc) is 3.04. The first kappa shape index (κ1) is 37.1. The Bertz CT molecular complexity index is 1990. The first-order chi connectivity index (χ1) is 24.0. The molecule has 268 valence electrons. The molecule has 0 amide bonds. The number of hydrogen-bond donors (Lipinski definition) is 0. The van der Waals surface area contributed by atoms with Crippen LogP contribution in [0.4, 0.5) is 52.7 Å². The van der Waals surface area contributed by atoms with Gasteiger partial charge in [0.05, 0.1) is 11.1 Å². The Morgan fingerprint density at radius 3 is 1.49 bits per heavy atom. The molecule has 0 aliphatic heterocycles. The maximum atomic E-state index is 15.2. The van der Waals surface area contributed by atoms with E-state index in [2.05, 4.69) is 16.4 Å². The Hall–Kier alpha value is -5.14. The minimum atomic E-state index is -5.52. The molecule has 0 unspecified atom stereocenters. The van der Waals surface area contributed by atoms with Gasteiger partial charge in [-0.2, -0.15) is 8.78 Å². The largest absolute Gasteiger partial charge is 0.573 e. The lowest BCUT2D eigenvalue weighted by Crippen LogP contribution is -2.24. The van der Waals surface area contributed by atoms with E-state index in [0.717, 1.165) is 37.3 Å². The zero-order chi connectivity index (χ0) is 37.2. The van der Waals surface area contributed by atoms with Crippen LogP contribution in [0.2, 0.25) is 0 Å². The molecule has 0 N–H and O–H groups in total. The third kappa shape index (κ3) is 8.43. The number of rotatable bonds is 11. The molecular formula is C37H24F12O2. The van der Waals surface area contributed by atoms with Crippen LogP contribution in [0.5, 0.6) is 11.5 Å². The van der Waals surface area contributed by atoms with E-state index < -0.39 is 81.4 Å². The summed E-state index contributed by atoms with van der Waals surface area (Å²) in [6.45, 7) is 2.09. The highest BCUT2D eigenvalue weighted by atomic mass is 19.4. The Morgan fingerprint density at radius 2 is 0.980 bits per heavy atom. The van der Waals surface area contributed by atoms with Gasteiger partial charge in [-0.3, -0.25) is 0 Å². The molecule has 0 atom stereocenters. The number of benzene rings is 5. The summed E-state index contributed by atoms with van der Waals surface area (Å²) >= 11 is 0. The second-order valence-electron chi connectivity index (χ2n) is 11.4. The highest BCUT2D eigenvalue weighted by Crippen LogP contribution is 2.40. The summed E-state index contributed by atoms with van der Waals surface area (Å²) in [6.07, 6.45) is -6.28. The lowest BCUT2D eigenvalue weighted by molar-refractivity contribution is -0.276. The van der Waals surface area contributed by atoms with Gasteiger partial charge in [-0.15, -0.1) is 13.2 Å². The van der Waals surface area contributed by atoms with Crippen LogP contribution in [0.1, 0.15) is 37.3 Å². The Balaban J connectivity index is 1.37. The van der Waals surface area contributed by atoms with Crippen molar-refractivity contribution >= 4 is 0 Å². The van der Waals surface area contributed by atoms with Gasteiger partial charge in [0.15, 0.2) is 29.0 Å². The van der Waals surface area contributed by atoms with Crippen LogP contribution >= 0.6 is 0 Å². The minimum absolute atomic E-state index is 0.0647. The van der Waals surface area contributed by atoms with Crippen molar-refractivity contribution in [3.8, 4) is 44.9 Å². The van der Waals surface area contributed by atoms with E-state index in [0.29, 0.717) is 23.3 Å². The molecule has 0 aromatic heterocycles. The van der Waals surface area contributed by atoms with Crippen LogP contribution < -0.4 is 9.47 Å². The second-order valence-corrected chi connectivity index (χ2v) is 11.4. The van der Waals surface area contributed by atoms with Crippen molar-refractivity contribution in [2.24, 2.45) is 0 Å². The van der Waals surface area contributed by atoms with E-state index >= 15 is 22.0 Å². The molecule has 14 heteroatoms. The fourth-order valence-corrected chi connectivity index (χ4v) is 5.31. The van der Waals surface area contributed by atoms with Crippen molar-refractivity contribution in [3.05, 3.63) is 131 Å². The molecule has 0 aliphatic carbocycles. The number of halogens is 12. The Labute approximate surface area is 282 Å². The van der Waals surface area contributed by atoms with Crippen LogP contribution in [-0.2, 0) is 12.5 Å². The SMILES string of the molecule is CCCCCc1ccc(-c2ccc(-c3cc(F)c(OC(F)(F)c4cc(F)c(-c5cc(F)c(OC(F)(F)F)c(F)c5)c(F)c4)c(F)c3)c(F)c2)cc1. The van der Waals surface area contributed by atoms with Crippen LogP contribution in [0.25, 0.3) is 33.4 Å². The van der Waals surface area contributed by atoms with E-state index in [1.165, 1.54) is 12.1 Å². The third-order valence-electron chi connectivity index (χ3n) is 7.75. The van der Waals surface area contributed by atoms with Crippen molar-refractivity contribution in [1.82, 2.24) is 0 Å². The maximum absolute atomic E-state index is 15.2. The smallest absolute Gasteiger partial charge is 0.423 e. The van der Waals surface area contributed by atoms with Crippen molar-refractivity contribution < 1.29 is 62.2 Å². The van der Waals surface area contributed by atoms with Crippen molar-refractivity contribution in [1.29, 1.82) is 0 Å². The predicted octanol–water partition coefficient (Wildman–Crippen LogP) is 12.4. The monoisotopic (exact) mass is 728 g/mol. The molecule has 0 heterocycles. The summed E-state index contributed by atoms with van der Waals surface area (Å²) in [5.74, 6) is -15.8. The van der Waals surface area contributed by atoms with E-state index in [1.54, 1.807) is 12.1 Å². The first-order valence-corrected chi connectivity index (χ1v) is 15.2. The standard InChI is InChI=1S/C37H24F12O2/c1-2-3-4-5-19-6-8-20(9-7-19)21-10-11-25(26(38)12-21)22-13-29(41)34(30(42)14-22)50-36(45,46)24-17-27(39)33(28(40)18-24)23-15-31(43)35(32(44)16-23)51-37(47,48)49/h6-18H,2-5H2,1H3. The molecular weight excluding hydrogens is 704 g/mol. The van der Waals surface area contributed by atoms with Gasteiger partial charge < -0.3 is 9.47 Å². The molecule has 0 saturated carbocycles. The van der Waals surface area contributed by atoms with Crippen LogP contribution in [0.15, 0.2) is 78.9 Å². The topological polar surface area (TPSA) is 18.5 Å². The summed E-state index contributed by atoms with van der Waals surface area (Å²) in [4.78, 5) is 0. The summed E-state index contributed by atoms with van der Waals surface area (Å²) < 4.78 is 178. The van der Waals surface area contributed by atoms with E-state index in [4.69, 9.17) is 0 Å². The molecule has 0 radical (unpaired) electrons. The summed E-state index contributed by atoms with van der Waals surface area (Å²) in [7, 11) is 0.